The van der Waals surface area contributed by atoms with Gasteiger partial charge in [0.05, 0.1) is 6.61 Å². The molecule has 0 aliphatic rings. The molecule has 0 spiro atoms. The van der Waals surface area contributed by atoms with Crippen molar-refractivity contribution in [2.75, 3.05) is 6.61 Å². The predicted octanol–water partition coefficient (Wildman–Crippen LogP) is 1.28. The molecule has 0 atom stereocenters. The molecule has 2 heteroatoms. The molecule has 0 aliphatic heterocycles. The van der Waals surface area contributed by atoms with Gasteiger partial charge in [0, 0.05) is 11.6 Å². The minimum Gasteiger partial charge on any atom is -0.324 e. The van der Waals surface area contributed by atoms with Crippen LogP contribution in [-0.4, -0.2) is 6.61 Å². The highest BCUT2D eigenvalue weighted by Crippen LogP contribution is 1.88. The average molecular weight is 152 g/mol. The number of aromatic nitrogens is 1. The van der Waals surface area contributed by atoms with Gasteiger partial charge in [-0.25, -0.2) is 0 Å². The predicted molar refractivity (Wildman–Crippen MR) is 43.0 cm³/mol. The van der Waals surface area contributed by atoms with Crippen molar-refractivity contribution in [2.24, 2.45) is 0 Å². The Morgan fingerprint density at radius 1 is 1.55 bits per heavy atom. The zero-order valence-electron chi connectivity index (χ0n) is 7.08. The lowest BCUT2D eigenvalue weighted by Gasteiger charge is -1.96. The standard InChI is InChI=1S/C9H14NO/c1-3-11-8-10-6-4-5-9(2)7-10/h4-7H,3,8H2,1-2H3/q+1. The van der Waals surface area contributed by atoms with Gasteiger partial charge in [0.25, 0.3) is 6.73 Å². The topological polar surface area (TPSA) is 13.1 Å². The smallest absolute Gasteiger partial charge is 0.252 e. The molecule has 0 saturated carbocycles. The van der Waals surface area contributed by atoms with Gasteiger partial charge < -0.3 is 4.74 Å². The van der Waals surface area contributed by atoms with E-state index in [1.165, 1.54) is 5.56 Å². The first-order valence-electron chi connectivity index (χ1n) is 3.86. The molecule has 0 bridgehead atoms. The van der Waals surface area contributed by atoms with E-state index in [0.717, 1.165) is 6.61 Å². The first kappa shape index (κ1) is 8.21. The summed E-state index contributed by atoms with van der Waals surface area (Å²) in [5.74, 6) is 0. The molecule has 0 aliphatic carbocycles. The van der Waals surface area contributed by atoms with Gasteiger partial charge in [0.15, 0.2) is 12.4 Å². The average Bonchev–Trinajstić information content (AvgIpc) is 2.01. The zero-order valence-corrected chi connectivity index (χ0v) is 7.08. The SMILES string of the molecule is CCOC[n+]1cccc(C)c1. The van der Waals surface area contributed by atoms with Crippen molar-refractivity contribution in [1.29, 1.82) is 0 Å². The molecule has 0 amide bonds. The lowest BCUT2D eigenvalue weighted by Crippen LogP contribution is -2.34. The highest BCUT2D eigenvalue weighted by molar-refractivity contribution is 5.01. The maximum Gasteiger partial charge on any atom is 0.252 e. The van der Waals surface area contributed by atoms with Gasteiger partial charge in [-0.05, 0) is 19.9 Å². The minimum absolute atomic E-state index is 0.651. The molecule has 2 nitrogen and oxygen atoms in total. The third-order valence-corrected chi connectivity index (χ3v) is 1.45. The summed E-state index contributed by atoms with van der Waals surface area (Å²) in [6.45, 7) is 5.48. The second-order valence-electron chi connectivity index (χ2n) is 2.52. The molecule has 0 fully saturated rings. The van der Waals surface area contributed by atoms with E-state index in [9.17, 15) is 0 Å². The lowest BCUT2D eigenvalue weighted by atomic mass is 10.3. The first-order chi connectivity index (χ1) is 5.33. The second-order valence-corrected chi connectivity index (χ2v) is 2.52. The summed E-state index contributed by atoms with van der Waals surface area (Å²) in [6, 6.07) is 4.09. The van der Waals surface area contributed by atoms with Crippen LogP contribution in [0.15, 0.2) is 24.5 Å². The van der Waals surface area contributed by atoms with Crippen LogP contribution in [0, 0.1) is 6.92 Å². The van der Waals surface area contributed by atoms with Crippen LogP contribution >= 0.6 is 0 Å². The fourth-order valence-corrected chi connectivity index (χ4v) is 0.930. The maximum absolute atomic E-state index is 5.24. The number of nitrogens with zero attached hydrogens (tertiary/aromatic N) is 1. The molecule has 0 saturated heterocycles. The van der Waals surface area contributed by atoms with E-state index in [-0.39, 0.29) is 0 Å². The van der Waals surface area contributed by atoms with Crippen LogP contribution in [0.5, 0.6) is 0 Å². The quantitative estimate of drug-likeness (QED) is 0.595. The molecule has 1 aromatic rings. The highest BCUT2D eigenvalue weighted by Gasteiger charge is 1.96. The van der Waals surface area contributed by atoms with Crippen LogP contribution in [0.25, 0.3) is 0 Å². The van der Waals surface area contributed by atoms with Crippen molar-refractivity contribution in [3.05, 3.63) is 30.1 Å². The maximum atomic E-state index is 5.24. The Morgan fingerprint density at radius 2 is 2.36 bits per heavy atom. The Hall–Kier alpha value is -0.890. The van der Waals surface area contributed by atoms with Crippen molar-refractivity contribution in [2.45, 2.75) is 20.6 Å². The van der Waals surface area contributed by atoms with Crippen LogP contribution in [0.3, 0.4) is 0 Å². The van der Waals surface area contributed by atoms with E-state index in [4.69, 9.17) is 4.74 Å². The van der Waals surface area contributed by atoms with Crippen molar-refractivity contribution in [3.8, 4) is 0 Å². The Labute approximate surface area is 67.4 Å². The number of ether oxygens (including phenoxy) is 1. The van der Waals surface area contributed by atoms with E-state index < -0.39 is 0 Å². The van der Waals surface area contributed by atoms with Crippen molar-refractivity contribution in [1.82, 2.24) is 0 Å². The zero-order chi connectivity index (χ0) is 8.10. The number of hydrogen-bond acceptors (Lipinski definition) is 1. The summed E-state index contributed by atoms with van der Waals surface area (Å²) in [5, 5.41) is 0. The monoisotopic (exact) mass is 152 g/mol. The molecule has 11 heavy (non-hydrogen) atoms. The summed E-state index contributed by atoms with van der Waals surface area (Å²) in [7, 11) is 0. The fourth-order valence-electron chi connectivity index (χ4n) is 0.930. The summed E-state index contributed by atoms with van der Waals surface area (Å²) >= 11 is 0. The van der Waals surface area contributed by atoms with Crippen LogP contribution in [0.1, 0.15) is 12.5 Å². The Balaban J connectivity index is 2.56. The molecule has 60 valence electrons. The van der Waals surface area contributed by atoms with Crippen LogP contribution in [-0.2, 0) is 11.5 Å². The van der Waals surface area contributed by atoms with Gasteiger partial charge in [-0.1, -0.05) is 0 Å². The van der Waals surface area contributed by atoms with Crippen molar-refractivity contribution in [3.63, 3.8) is 0 Å². The van der Waals surface area contributed by atoms with E-state index in [1.54, 1.807) is 0 Å². The van der Waals surface area contributed by atoms with Crippen LogP contribution in [0.2, 0.25) is 0 Å². The van der Waals surface area contributed by atoms with Gasteiger partial charge >= 0.3 is 0 Å². The van der Waals surface area contributed by atoms with E-state index in [2.05, 4.69) is 19.2 Å². The third kappa shape index (κ3) is 2.68. The van der Waals surface area contributed by atoms with Crippen molar-refractivity contribution >= 4 is 0 Å². The Morgan fingerprint density at radius 3 is 3.00 bits per heavy atom. The first-order valence-corrected chi connectivity index (χ1v) is 3.86. The van der Waals surface area contributed by atoms with Gasteiger partial charge in [0.1, 0.15) is 0 Å². The normalized spacial score (nSPS) is 10.0. The van der Waals surface area contributed by atoms with Crippen molar-refractivity contribution < 1.29 is 9.30 Å². The van der Waals surface area contributed by atoms with E-state index >= 15 is 0 Å². The fraction of sp³-hybridized carbons (Fsp3) is 0.444. The summed E-state index contributed by atoms with van der Waals surface area (Å²) in [6.07, 6.45) is 4.07. The Bertz CT molecular complexity index is 223. The minimum atomic E-state index is 0.651. The third-order valence-electron chi connectivity index (χ3n) is 1.45. The molecule has 0 aromatic carbocycles. The van der Waals surface area contributed by atoms with Gasteiger partial charge in [-0.3, -0.25) is 0 Å². The Kier molecular flexibility index (Phi) is 3.05. The molecule has 0 unspecified atom stereocenters. The molecule has 1 heterocycles. The van der Waals surface area contributed by atoms with Crippen LogP contribution in [0.4, 0.5) is 0 Å². The van der Waals surface area contributed by atoms with Crippen LogP contribution < -0.4 is 4.57 Å². The number of rotatable bonds is 3. The largest absolute Gasteiger partial charge is 0.324 e. The molecule has 0 N–H and O–H groups in total. The number of aryl methyl sites for hydroxylation is 1. The van der Waals surface area contributed by atoms with Gasteiger partial charge in [-0.2, -0.15) is 4.57 Å². The summed E-state index contributed by atoms with van der Waals surface area (Å²) < 4.78 is 7.26. The van der Waals surface area contributed by atoms with Gasteiger partial charge in [0.2, 0.25) is 0 Å². The van der Waals surface area contributed by atoms with Gasteiger partial charge in [-0.15, -0.1) is 0 Å². The summed E-state index contributed by atoms with van der Waals surface area (Å²) in [5.41, 5.74) is 1.26. The molecule has 1 aromatic heterocycles. The number of hydrogen-bond donors (Lipinski definition) is 0. The highest BCUT2D eigenvalue weighted by atomic mass is 16.5. The lowest BCUT2D eigenvalue weighted by molar-refractivity contribution is -0.732. The summed E-state index contributed by atoms with van der Waals surface area (Å²) in [4.78, 5) is 0. The molecular formula is C9H14NO+. The molecule has 1 rings (SSSR count). The van der Waals surface area contributed by atoms with E-state index in [0.29, 0.717) is 6.73 Å². The van der Waals surface area contributed by atoms with E-state index in [1.807, 2.05) is 23.8 Å². The molecule has 0 radical (unpaired) electrons. The second kappa shape index (κ2) is 4.09. The molecular weight excluding hydrogens is 138 g/mol. The number of pyridine rings is 1.